The minimum absolute atomic E-state index is 0.429. The fraction of sp³-hybridized carbons (Fsp3) is 0.412. The van der Waals surface area contributed by atoms with Crippen molar-refractivity contribution in [1.82, 2.24) is 5.32 Å². The molecule has 2 aromatic rings. The van der Waals surface area contributed by atoms with E-state index in [-0.39, 0.29) is 0 Å². The van der Waals surface area contributed by atoms with Crippen LogP contribution in [0.15, 0.2) is 36.4 Å². The van der Waals surface area contributed by atoms with Crippen LogP contribution >= 0.6 is 11.3 Å². The van der Waals surface area contributed by atoms with Gasteiger partial charge in [0, 0.05) is 15.8 Å². The molecule has 0 bridgehead atoms. The molecule has 1 aromatic heterocycles. The number of rotatable bonds is 7. The van der Waals surface area contributed by atoms with Gasteiger partial charge >= 0.3 is 0 Å². The van der Waals surface area contributed by atoms with E-state index in [2.05, 4.69) is 43.4 Å². The van der Waals surface area contributed by atoms with Crippen molar-refractivity contribution in [2.75, 3.05) is 13.7 Å². The molecular weight excluding hydrogens is 266 g/mol. The van der Waals surface area contributed by atoms with Gasteiger partial charge in [0.05, 0.1) is 7.11 Å². The maximum Gasteiger partial charge on any atom is 0.118 e. The molecule has 1 N–H and O–H groups in total. The Bertz CT molecular complexity index is 518. The highest BCUT2D eigenvalue weighted by atomic mass is 32.1. The first-order valence-electron chi connectivity index (χ1n) is 7.18. The Kier molecular flexibility index (Phi) is 5.62. The van der Waals surface area contributed by atoms with Crippen molar-refractivity contribution in [3.05, 3.63) is 51.7 Å². The molecule has 0 aliphatic carbocycles. The summed E-state index contributed by atoms with van der Waals surface area (Å²) in [5.74, 6) is 0.917. The molecule has 2 rings (SSSR count). The quantitative estimate of drug-likeness (QED) is 0.824. The number of ether oxygens (including phenoxy) is 1. The van der Waals surface area contributed by atoms with Crippen LogP contribution in [0, 0.1) is 0 Å². The van der Waals surface area contributed by atoms with Gasteiger partial charge in [-0.05, 0) is 56.1 Å². The highest BCUT2D eigenvalue weighted by Gasteiger charge is 2.07. The summed E-state index contributed by atoms with van der Waals surface area (Å²) >= 11 is 1.91. The number of hydrogen-bond donors (Lipinski definition) is 1. The van der Waals surface area contributed by atoms with Crippen molar-refractivity contribution >= 4 is 11.3 Å². The fourth-order valence-electron chi connectivity index (χ4n) is 2.14. The SMILES string of the molecule is CCc1ccc(C(C)NCCc2ccc(OC)cc2)s1. The van der Waals surface area contributed by atoms with Crippen molar-refractivity contribution in [2.24, 2.45) is 0 Å². The van der Waals surface area contributed by atoms with E-state index in [9.17, 15) is 0 Å². The summed E-state index contributed by atoms with van der Waals surface area (Å²) < 4.78 is 5.17. The van der Waals surface area contributed by atoms with Gasteiger partial charge in [0.1, 0.15) is 5.75 Å². The molecule has 0 spiro atoms. The van der Waals surface area contributed by atoms with Crippen molar-refractivity contribution in [3.8, 4) is 5.75 Å². The topological polar surface area (TPSA) is 21.3 Å². The van der Waals surface area contributed by atoms with Crippen LogP contribution in [0.5, 0.6) is 5.75 Å². The third-order valence-electron chi connectivity index (χ3n) is 3.48. The van der Waals surface area contributed by atoms with Crippen LogP contribution < -0.4 is 10.1 Å². The van der Waals surface area contributed by atoms with Gasteiger partial charge in [-0.2, -0.15) is 0 Å². The van der Waals surface area contributed by atoms with E-state index in [1.807, 2.05) is 23.5 Å². The van der Waals surface area contributed by atoms with E-state index in [1.54, 1.807) is 7.11 Å². The highest BCUT2D eigenvalue weighted by Crippen LogP contribution is 2.23. The molecule has 1 atom stereocenters. The molecule has 1 aromatic carbocycles. The molecule has 0 saturated carbocycles. The lowest BCUT2D eigenvalue weighted by molar-refractivity contribution is 0.414. The first kappa shape index (κ1) is 15.1. The van der Waals surface area contributed by atoms with Crippen molar-refractivity contribution < 1.29 is 4.74 Å². The van der Waals surface area contributed by atoms with Crippen molar-refractivity contribution in [2.45, 2.75) is 32.7 Å². The Labute approximate surface area is 125 Å². The highest BCUT2D eigenvalue weighted by molar-refractivity contribution is 7.12. The number of thiophene rings is 1. The second-order valence-corrected chi connectivity index (χ2v) is 6.13. The zero-order chi connectivity index (χ0) is 14.4. The molecule has 1 unspecified atom stereocenters. The summed E-state index contributed by atoms with van der Waals surface area (Å²) in [6.45, 7) is 5.43. The van der Waals surface area contributed by atoms with Crippen LogP contribution in [0.25, 0.3) is 0 Å². The van der Waals surface area contributed by atoms with E-state index in [1.165, 1.54) is 15.3 Å². The maximum absolute atomic E-state index is 5.17. The molecular formula is C17H23NOS. The zero-order valence-corrected chi connectivity index (χ0v) is 13.3. The van der Waals surface area contributed by atoms with Gasteiger partial charge in [-0.3, -0.25) is 0 Å². The van der Waals surface area contributed by atoms with Gasteiger partial charge < -0.3 is 10.1 Å². The summed E-state index contributed by atoms with van der Waals surface area (Å²) in [5.41, 5.74) is 1.34. The molecule has 0 aliphatic heterocycles. The molecule has 20 heavy (non-hydrogen) atoms. The zero-order valence-electron chi connectivity index (χ0n) is 12.5. The lowest BCUT2D eigenvalue weighted by Crippen LogP contribution is -2.20. The maximum atomic E-state index is 5.17. The van der Waals surface area contributed by atoms with Crippen molar-refractivity contribution in [1.29, 1.82) is 0 Å². The molecule has 0 fully saturated rings. The minimum atomic E-state index is 0.429. The molecule has 0 saturated heterocycles. The van der Waals surface area contributed by atoms with Gasteiger partial charge in [-0.15, -0.1) is 11.3 Å². The molecule has 0 amide bonds. The van der Waals surface area contributed by atoms with E-state index in [0.717, 1.165) is 25.1 Å². The van der Waals surface area contributed by atoms with Crippen molar-refractivity contribution in [3.63, 3.8) is 0 Å². The minimum Gasteiger partial charge on any atom is -0.497 e. The van der Waals surface area contributed by atoms with Gasteiger partial charge in [0.15, 0.2) is 0 Å². The predicted octanol–water partition coefficient (Wildman–Crippen LogP) is 4.21. The van der Waals surface area contributed by atoms with Crippen LogP contribution in [0.3, 0.4) is 0 Å². The molecule has 1 heterocycles. The average Bonchev–Trinajstić information content (AvgIpc) is 2.97. The Hall–Kier alpha value is -1.32. The van der Waals surface area contributed by atoms with E-state index in [0.29, 0.717) is 6.04 Å². The standard InChI is InChI=1S/C17H23NOS/c1-4-16-9-10-17(20-16)13(2)18-12-11-14-5-7-15(19-3)8-6-14/h5-10,13,18H,4,11-12H2,1-3H3. The van der Waals surface area contributed by atoms with E-state index < -0.39 is 0 Å². The first-order chi connectivity index (χ1) is 9.72. The predicted molar refractivity (Wildman–Crippen MR) is 86.8 cm³/mol. The van der Waals surface area contributed by atoms with Crippen LogP contribution in [-0.4, -0.2) is 13.7 Å². The number of hydrogen-bond acceptors (Lipinski definition) is 3. The molecule has 0 aliphatic rings. The smallest absolute Gasteiger partial charge is 0.118 e. The third kappa shape index (κ3) is 4.09. The number of nitrogens with one attached hydrogen (secondary N) is 1. The van der Waals surface area contributed by atoms with E-state index >= 15 is 0 Å². The van der Waals surface area contributed by atoms with Crippen LogP contribution in [0.1, 0.15) is 35.2 Å². The first-order valence-corrected chi connectivity index (χ1v) is 7.99. The number of benzene rings is 1. The lowest BCUT2D eigenvalue weighted by Gasteiger charge is -2.12. The van der Waals surface area contributed by atoms with Crippen LogP contribution in [0.4, 0.5) is 0 Å². The molecule has 2 nitrogen and oxygen atoms in total. The third-order valence-corrected chi connectivity index (χ3v) is 4.89. The van der Waals surface area contributed by atoms with E-state index in [4.69, 9.17) is 4.74 Å². The van der Waals surface area contributed by atoms with Gasteiger partial charge in [0.25, 0.3) is 0 Å². The monoisotopic (exact) mass is 289 g/mol. The Balaban J connectivity index is 1.79. The molecule has 0 radical (unpaired) electrons. The average molecular weight is 289 g/mol. The second kappa shape index (κ2) is 7.46. The Morgan fingerprint density at radius 2 is 1.90 bits per heavy atom. The van der Waals surface area contributed by atoms with Gasteiger partial charge in [-0.25, -0.2) is 0 Å². The number of aryl methyl sites for hydroxylation is 1. The lowest BCUT2D eigenvalue weighted by atomic mass is 10.1. The number of methoxy groups -OCH3 is 1. The Morgan fingerprint density at radius 3 is 2.50 bits per heavy atom. The largest absolute Gasteiger partial charge is 0.497 e. The van der Waals surface area contributed by atoms with Gasteiger partial charge in [-0.1, -0.05) is 19.1 Å². The van der Waals surface area contributed by atoms with Gasteiger partial charge in [0.2, 0.25) is 0 Å². The summed E-state index contributed by atoms with van der Waals surface area (Å²) in [4.78, 5) is 2.89. The van der Waals surface area contributed by atoms with Crippen LogP contribution in [0.2, 0.25) is 0 Å². The van der Waals surface area contributed by atoms with Crippen LogP contribution in [-0.2, 0) is 12.8 Å². The Morgan fingerprint density at radius 1 is 1.15 bits per heavy atom. The molecule has 3 heteroatoms. The summed E-state index contributed by atoms with van der Waals surface area (Å²) in [6.07, 6.45) is 2.17. The summed E-state index contributed by atoms with van der Waals surface area (Å²) in [6, 6.07) is 13.2. The fourth-order valence-corrected chi connectivity index (χ4v) is 3.12. The summed E-state index contributed by atoms with van der Waals surface area (Å²) in [5, 5.41) is 3.59. The molecule has 108 valence electrons. The second-order valence-electron chi connectivity index (χ2n) is 4.93. The summed E-state index contributed by atoms with van der Waals surface area (Å²) in [7, 11) is 1.70. The normalized spacial score (nSPS) is 12.3.